The number of methoxy groups -OCH3 is 1. The molecule has 5 aromatic rings. The summed E-state index contributed by atoms with van der Waals surface area (Å²) < 4.78 is 44.1. The van der Waals surface area contributed by atoms with E-state index in [4.69, 9.17) is 32.9 Å². The molecule has 0 fully saturated rings. The van der Waals surface area contributed by atoms with E-state index in [1.54, 1.807) is 42.5 Å². The van der Waals surface area contributed by atoms with Crippen molar-refractivity contribution in [1.29, 1.82) is 0 Å². The van der Waals surface area contributed by atoms with Crippen molar-refractivity contribution in [3.8, 4) is 22.4 Å². The van der Waals surface area contributed by atoms with E-state index in [1.807, 2.05) is 42.5 Å². The van der Waals surface area contributed by atoms with Crippen molar-refractivity contribution in [2.24, 2.45) is 0 Å². The molecule has 9 heteroatoms. The molecule has 0 aliphatic heterocycles. The third-order valence-electron chi connectivity index (χ3n) is 6.61. The number of aromatic amines is 1. The second-order valence-corrected chi connectivity index (χ2v) is 10.3. The molecule has 0 atom stereocenters. The Morgan fingerprint density at radius 2 is 1.64 bits per heavy atom. The lowest BCUT2D eigenvalue weighted by atomic mass is 10.0. The van der Waals surface area contributed by atoms with Crippen LogP contribution in [0.4, 0.5) is 13.2 Å². The fourth-order valence-corrected chi connectivity index (χ4v) is 4.96. The van der Waals surface area contributed by atoms with E-state index in [1.165, 1.54) is 13.2 Å². The van der Waals surface area contributed by atoms with E-state index in [2.05, 4.69) is 4.98 Å². The Kier molecular flexibility index (Phi) is 8.52. The van der Waals surface area contributed by atoms with Crippen LogP contribution in [0.5, 0.6) is 0 Å². The van der Waals surface area contributed by atoms with Crippen molar-refractivity contribution in [2.45, 2.75) is 12.6 Å². The predicted octanol–water partition coefficient (Wildman–Crippen LogP) is 9.62. The first-order valence-corrected chi connectivity index (χ1v) is 13.5. The largest absolute Gasteiger partial charge is 0.465 e. The Hall–Kier alpha value is -4.33. The highest BCUT2D eigenvalue weighted by Gasteiger charge is 2.30. The van der Waals surface area contributed by atoms with Crippen molar-refractivity contribution in [3.05, 3.63) is 135 Å². The smallest absolute Gasteiger partial charge is 0.416 e. The van der Waals surface area contributed by atoms with Crippen LogP contribution in [0.1, 0.15) is 38.6 Å². The number of imidazole rings is 1. The van der Waals surface area contributed by atoms with Crippen LogP contribution in [0.25, 0.3) is 34.5 Å². The number of hydrogen-bond donors (Lipinski definition) is 1. The maximum absolute atomic E-state index is 13.1. The van der Waals surface area contributed by atoms with Gasteiger partial charge in [-0.1, -0.05) is 77.8 Å². The number of alkyl halides is 3. The van der Waals surface area contributed by atoms with Gasteiger partial charge in [-0.2, -0.15) is 13.2 Å². The van der Waals surface area contributed by atoms with E-state index in [0.717, 1.165) is 29.0 Å². The second-order valence-electron chi connectivity index (χ2n) is 9.47. The molecular weight excluding hydrogens is 584 g/mol. The number of benzene rings is 4. The Morgan fingerprint density at radius 3 is 2.31 bits per heavy atom. The number of halogens is 5. The number of rotatable bonds is 7. The number of carbonyl (C=O) groups is 1. The highest BCUT2D eigenvalue weighted by Crippen LogP contribution is 2.34. The summed E-state index contributed by atoms with van der Waals surface area (Å²) in [5.74, 6) is 0.172. The molecule has 1 aromatic heterocycles. The lowest BCUT2D eigenvalue weighted by molar-refractivity contribution is -0.137. The third kappa shape index (κ3) is 6.75. The molecule has 1 N–H and O–H groups in total. The highest BCUT2D eigenvalue weighted by molar-refractivity contribution is 6.36. The van der Waals surface area contributed by atoms with Gasteiger partial charge in [0.05, 0.1) is 29.0 Å². The molecule has 42 heavy (non-hydrogen) atoms. The van der Waals surface area contributed by atoms with Crippen LogP contribution in [0.15, 0.2) is 91.0 Å². The first kappa shape index (κ1) is 29.2. The van der Waals surface area contributed by atoms with Crippen molar-refractivity contribution in [1.82, 2.24) is 9.97 Å². The first-order chi connectivity index (χ1) is 20.1. The van der Waals surface area contributed by atoms with Crippen LogP contribution in [0, 0.1) is 0 Å². The van der Waals surface area contributed by atoms with Gasteiger partial charge < -0.3 is 9.72 Å². The van der Waals surface area contributed by atoms with Gasteiger partial charge in [-0.3, -0.25) is 0 Å². The average molecular weight is 607 g/mol. The lowest BCUT2D eigenvalue weighted by Crippen LogP contribution is -2.04. The topological polar surface area (TPSA) is 55.0 Å². The van der Waals surface area contributed by atoms with E-state index in [0.29, 0.717) is 50.2 Å². The minimum absolute atomic E-state index is 0.410. The molecule has 5 rings (SSSR count). The Bertz CT molecular complexity index is 1760. The standard InChI is InChI=1S/C33H23Cl2F3N2O2/c1-42-32(41)23-12-7-21(8-13-23)17-29-31(27-15-14-26(34)19-28(27)35)40-30(39-29)16-9-20-5-10-22(11-6-20)24-3-2-4-25(18-24)33(36,37)38/h2-16,18-19H,17H2,1H3,(H,39,40). The quantitative estimate of drug-likeness (QED) is 0.188. The van der Waals surface area contributed by atoms with Crippen molar-refractivity contribution >= 4 is 41.3 Å². The van der Waals surface area contributed by atoms with Crippen molar-refractivity contribution in [2.75, 3.05) is 7.11 Å². The summed E-state index contributed by atoms with van der Waals surface area (Å²) in [5.41, 5.74) is 4.90. The molecule has 0 unspecified atom stereocenters. The molecule has 0 radical (unpaired) electrons. The summed E-state index contributed by atoms with van der Waals surface area (Å²) in [6, 6.07) is 24.8. The van der Waals surface area contributed by atoms with E-state index in [-0.39, 0.29) is 0 Å². The van der Waals surface area contributed by atoms with Gasteiger partial charge in [0.2, 0.25) is 0 Å². The molecule has 0 saturated carbocycles. The Balaban J connectivity index is 1.42. The number of ether oxygens (including phenoxy) is 1. The number of nitrogens with zero attached hydrogens (tertiary/aromatic N) is 1. The fourth-order valence-electron chi connectivity index (χ4n) is 4.46. The van der Waals surface area contributed by atoms with Gasteiger partial charge in [0.25, 0.3) is 0 Å². The number of nitrogens with one attached hydrogen (secondary N) is 1. The number of H-pyrrole nitrogens is 1. The van der Waals surface area contributed by atoms with Gasteiger partial charge >= 0.3 is 12.1 Å². The summed E-state index contributed by atoms with van der Waals surface area (Å²) in [6.07, 6.45) is -0.238. The van der Waals surface area contributed by atoms with Gasteiger partial charge in [0.15, 0.2) is 0 Å². The summed E-state index contributed by atoms with van der Waals surface area (Å²) >= 11 is 12.6. The molecule has 0 spiro atoms. The molecule has 0 saturated heterocycles. The molecular formula is C33H23Cl2F3N2O2. The monoisotopic (exact) mass is 606 g/mol. The van der Waals surface area contributed by atoms with Crippen molar-refractivity contribution < 1.29 is 22.7 Å². The molecule has 4 nitrogen and oxygen atoms in total. The Morgan fingerprint density at radius 1 is 0.905 bits per heavy atom. The highest BCUT2D eigenvalue weighted by atomic mass is 35.5. The Labute approximate surface area is 250 Å². The zero-order valence-electron chi connectivity index (χ0n) is 22.2. The minimum Gasteiger partial charge on any atom is -0.465 e. The number of carbonyl (C=O) groups excluding carboxylic acids is 1. The van der Waals surface area contributed by atoms with Gasteiger partial charge in [0.1, 0.15) is 5.82 Å². The minimum atomic E-state index is -4.40. The van der Waals surface area contributed by atoms with Gasteiger partial charge in [-0.05, 0) is 70.8 Å². The van der Waals surface area contributed by atoms with E-state index >= 15 is 0 Å². The van der Waals surface area contributed by atoms with Crippen LogP contribution in [-0.4, -0.2) is 23.0 Å². The van der Waals surface area contributed by atoms with Crippen LogP contribution in [0.2, 0.25) is 10.0 Å². The SMILES string of the molecule is COC(=O)c1ccc(Cc2[nH]c(C=Cc3ccc(-c4cccc(C(F)(F)F)c4)cc3)nc2-c2ccc(Cl)cc2Cl)cc1. The second kappa shape index (κ2) is 12.3. The summed E-state index contributed by atoms with van der Waals surface area (Å²) in [7, 11) is 1.34. The fraction of sp³-hybridized carbons (Fsp3) is 0.0909. The predicted molar refractivity (Wildman–Crippen MR) is 160 cm³/mol. The average Bonchev–Trinajstić information content (AvgIpc) is 3.38. The molecule has 1 heterocycles. The summed E-state index contributed by atoms with van der Waals surface area (Å²) in [4.78, 5) is 20.0. The first-order valence-electron chi connectivity index (χ1n) is 12.8. The zero-order chi connectivity index (χ0) is 29.9. The molecule has 4 aromatic carbocycles. The van der Waals surface area contributed by atoms with Crippen LogP contribution in [-0.2, 0) is 17.3 Å². The number of aromatic nitrogens is 2. The molecule has 0 aliphatic rings. The number of esters is 1. The van der Waals surface area contributed by atoms with E-state index in [9.17, 15) is 18.0 Å². The van der Waals surface area contributed by atoms with Gasteiger partial charge in [-0.25, -0.2) is 9.78 Å². The van der Waals surface area contributed by atoms with Crippen LogP contribution < -0.4 is 0 Å². The molecule has 212 valence electrons. The number of hydrogen-bond acceptors (Lipinski definition) is 3. The van der Waals surface area contributed by atoms with Crippen LogP contribution in [0.3, 0.4) is 0 Å². The summed E-state index contributed by atoms with van der Waals surface area (Å²) in [5, 5.41) is 0.963. The molecule has 0 amide bonds. The van der Waals surface area contributed by atoms with Crippen LogP contribution >= 0.6 is 23.2 Å². The maximum Gasteiger partial charge on any atom is 0.416 e. The maximum atomic E-state index is 13.1. The van der Waals surface area contributed by atoms with Crippen molar-refractivity contribution in [3.63, 3.8) is 0 Å². The van der Waals surface area contributed by atoms with Gasteiger partial charge in [0, 0.05) is 22.7 Å². The normalized spacial score (nSPS) is 11.7. The summed E-state index contributed by atoms with van der Waals surface area (Å²) in [6.45, 7) is 0. The molecule has 0 aliphatic carbocycles. The zero-order valence-corrected chi connectivity index (χ0v) is 23.7. The lowest BCUT2D eigenvalue weighted by Gasteiger charge is -2.09. The van der Waals surface area contributed by atoms with E-state index < -0.39 is 17.7 Å². The molecule has 0 bridgehead atoms. The third-order valence-corrected chi connectivity index (χ3v) is 7.15. The van der Waals surface area contributed by atoms with Gasteiger partial charge in [-0.15, -0.1) is 0 Å².